The second-order valence-corrected chi connectivity index (χ2v) is 8.26. The van der Waals surface area contributed by atoms with Crippen LogP contribution in [0.15, 0.2) is 48.5 Å². The molecule has 0 radical (unpaired) electrons. The Hall–Kier alpha value is -3.36. The van der Waals surface area contributed by atoms with Crippen molar-refractivity contribution >= 4 is 23.4 Å². The van der Waals surface area contributed by atoms with Crippen LogP contribution >= 0.6 is 0 Å². The van der Waals surface area contributed by atoms with Gasteiger partial charge in [0.05, 0.1) is 16.8 Å². The Balaban J connectivity index is 1.60. The van der Waals surface area contributed by atoms with Crippen molar-refractivity contribution in [3.8, 4) is 0 Å². The van der Waals surface area contributed by atoms with E-state index >= 15 is 0 Å². The maximum absolute atomic E-state index is 13.3. The third-order valence-corrected chi connectivity index (χ3v) is 6.20. The van der Waals surface area contributed by atoms with Gasteiger partial charge < -0.3 is 9.80 Å². The topological polar surface area (TPSA) is 60.9 Å². The molecule has 9 heteroatoms. The Morgan fingerprint density at radius 3 is 2.47 bits per heavy atom. The zero-order chi connectivity index (χ0) is 23.3. The number of carbonyl (C=O) groups excluding carboxylic acids is 3. The van der Waals surface area contributed by atoms with Gasteiger partial charge in [-0.3, -0.25) is 19.3 Å². The number of hydrogen-bond donors (Lipinski definition) is 0. The minimum atomic E-state index is -4.54. The van der Waals surface area contributed by atoms with E-state index in [9.17, 15) is 27.6 Å². The summed E-state index contributed by atoms with van der Waals surface area (Å²) in [5.41, 5.74) is -1.02. The van der Waals surface area contributed by atoms with E-state index in [0.29, 0.717) is 17.7 Å². The predicted octanol–water partition coefficient (Wildman–Crippen LogP) is 3.66. The van der Waals surface area contributed by atoms with Crippen molar-refractivity contribution in [2.75, 3.05) is 18.5 Å². The standard InChI is InChI=1S/C23H22F3N3O3/c1-22-12-11-19(30)29(22)18-10-6-4-8-16(18)21(32)28(22)14-20(31)27(2)13-15-7-3-5-9-17(15)23(24,25)26/h3-10H,11-14H2,1-2H3. The smallest absolute Gasteiger partial charge is 0.340 e. The highest BCUT2D eigenvalue weighted by Gasteiger charge is 2.53. The van der Waals surface area contributed by atoms with E-state index < -0.39 is 23.3 Å². The average Bonchev–Trinajstić information content (AvgIpc) is 3.06. The molecule has 0 saturated carbocycles. The fraction of sp³-hybridized carbons (Fsp3) is 0.348. The van der Waals surface area contributed by atoms with Gasteiger partial charge in [-0.1, -0.05) is 30.3 Å². The summed E-state index contributed by atoms with van der Waals surface area (Å²) in [5, 5.41) is 0. The Bertz CT molecular complexity index is 1100. The van der Waals surface area contributed by atoms with E-state index in [4.69, 9.17) is 0 Å². The molecule has 2 heterocycles. The monoisotopic (exact) mass is 445 g/mol. The van der Waals surface area contributed by atoms with Gasteiger partial charge in [0, 0.05) is 20.0 Å². The fourth-order valence-corrected chi connectivity index (χ4v) is 4.48. The molecular weight excluding hydrogens is 423 g/mol. The van der Waals surface area contributed by atoms with Crippen LogP contribution < -0.4 is 4.90 Å². The molecule has 4 rings (SSSR count). The van der Waals surface area contributed by atoms with Crippen LogP contribution in [-0.2, 0) is 22.3 Å². The first-order chi connectivity index (χ1) is 15.0. The first-order valence-electron chi connectivity index (χ1n) is 10.2. The highest BCUT2D eigenvalue weighted by atomic mass is 19.4. The number of rotatable bonds is 4. The molecule has 1 saturated heterocycles. The maximum atomic E-state index is 13.3. The number of carbonyl (C=O) groups is 3. The zero-order valence-electron chi connectivity index (χ0n) is 17.6. The molecule has 0 aromatic heterocycles. The minimum absolute atomic E-state index is 0.0324. The molecule has 0 spiro atoms. The van der Waals surface area contributed by atoms with Crippen LogP contribution in [-0.4, -0.2) is 46.8 Å². The van der Waals surface area contributed by atoms with Gasteiger partial charge in [-0.15, -0.1) is 0 Å². The summed E-state index contributed by atoms with van der Waals surface area (Å²) in [6.07, 6.45) is -3.94. The quantitative estimate of drug-likeness (QED) is 0.722. The molecule has 0 aliphatic carbocycles. The summed E-state index contributed by atoms with van der Waals surface area (Å²) < 4.78 is 39.9. The van der Waals surface area contributed by atoms with Crippen molar-refractivity contribution in [3.05, 3.63) is 65.2 Å². The normalized spacial score (nSPS) is 20.3. The molecule has 6 nitrogen and oxygen atoms in total. The molecule has 168 valence electrons. The van der Waals surface area contributed by atoms with Gasteiger partial charge in [0.2, 0.25) is 11.8 Å². The summed E-state index contributed by atoms with van der Waals surface area (Å²) >= 11 is 0. The van der Waals surface area contributed by atoms with Crippen molar-refractivity contribution in [2.45, 2.75) is 38.1 Å². The van der Waals surface area contributed by atoms with Gasteiger partial charge in [0.25, 0.3) is 5.91 Å². The highest BCUT2D eigenvalue weighted by Crippen LogP contribution is 2.44. The van der Waals surface area contributed by atoms with E-state index in [1.54, 1.807) is 36.1 Å². The number of fused-ring (bicyclic) bond motifs is 3. The summed E-state index contributed by atoms with van der Waals surface area (Å²) in [6, 6.07) is 11.8. The molecule has 32 heavy (non-hydrogen) atoms. The third-order valence-electron chi connectivity index (χ3n) is 6.20. The van der Waals surface area contributed by atoms with Crippen LogP contribution in [0.3, 0.4) is 0 Å². The summed E-state index contributed by atoms with van der Waals surface area (Å²) in [4.78, 5) is 42.9. The molecule has 3 amide bonds. The number of benzene rings is 2. The SMILES string of the molecule is CN(Cc1ccccc1C(F)(F)F)C(=O)CN1C(=O)c2ccccc2N2C(=O)CCC12C. The minimum Gasteiger partial charge on any atom is -0.340 e. The maximum Gasteiger partial charge on any atom is 0.416 e. The number of para-hydroxylation sites is 1. The number of hydrogen-bond acceptors (Lipinski definition) is 3. The van der Waals surface area contributed by atoms with Crippen LogP contribution in [0.2, 0.25) is 0 Å². The molecule has 0 bridgehead atoms. The average molecular weight is 445 g/mol. The highest BCUT2D eigenvalue weighted by molar-refractivity contribution is 6.11. The van der Waals surface area contributed by atoms with Crippen LogP contribution in [0.25, 0.3) is 0 Å². The van der Waals surface area contributed by atoms with Crippen molar-refractivity contribution in [3.63, 3.8) is 0 Å². The molecule has 1 unspecified atom stereocenters. The second-order valence-electron chi connectivity index (χ2n) is 8.26. The molecule has 0 N–H and O–H groups in total. The van der Waals surface area contributed by atoms with E-state index in [0.717, 1.165) is 6.07 Å². The zero-order valence-corrected chi connectivity index (χ0v) is 17.6. The van der Waals surface area contributed by atoms with Gasteiger partial charge in [-0.25, -0.2) is 0 Å². The predicted molar refractivity (Wildman–Crippen MR) is 111 cm³/mol. The molecule has 2 aromatic rings. The number of nitrogens with zero attached hydrogens (tertiary/aromatic N) is 3. The van der Waals surface area contributed by atoms with Gasteiger partial charge in [0.15, 0.2) is 0 Å². The molecule has 1 atom stereocenters. The van der Waals surface area contributed by atoms with Gasteiger partial charge in [0.1, 0.15) is 12.2 Å². The van der Waals surface area contributed by atoms with Gasteiger partial charge in [-0.05, 0) is 37.1 Å². The van der Waals surface area contributed by atoms with Crippen molar-refractivity contribution < 1.29 is 27.6 Å². The van der Waals surface area contributed by atoms with E-state index in [1.807, 2.05) is 0 Å². The van der Waals surface area contributed by atoms with Crippen LogP contribution in [0.5, 0.6) is 0 Å². The van der Waals surface area contributed by atoms with Crippen molar-refractivity contribution in [1.29, 1.82) is 0 Å². The summed E-state index contributed by atoms with van der Waals surface area (Å²) in [7, 11) is 1.40. The van der Waals surface area contributed by atoms with Crippen LogP contribution in [0.4, 0.5) is 18.9 Å². The van der Waals surface area contributed by atoms with Crippen molar-refractivity contribution in [2.24, 2.45) is 0 Å². The lowest BCUT2D eigenvalue weighted by molar-refractivity contribution is -0.139. The second kappa shape index (κ2) is 7.65. The lowest BCUT2D eigenvalue weighted by Crippen LogP contribution is -2.63. The molecular formula is C23H22F3N3O3. The number of amides is 3. The Morgan fingerprint density at radius 2 is 1.75 bits per heavy atom. The first kappa shape index (κ1) is 21.9. The Labute approximate surface area is 183 Å². The number of alkyl halides is 3. The third kappa shape index (κ3) is 3.51. The lowest BCUT2D eigenvalue weighted by Gasteiger charge is -2.48. The van der Waals surface area contributed by atoms with E-state index in [1.165, 1.54) is 35.0 Å². The molecule has 2 aromatic carbocycles. The Kier molecular flexibility index (Phi) is 5.22. The number of halogens is 3. The van der Waals surface area contributed by atoms with E-state index in [2.05, 4.69) is 0 Å². The fourth-order valence-electron chi connectivity index (χ4n) is 4.48. The lowest BCUT2D eigenvalue weighted by atomic mass is 9.98. The van der Waals surface area contributed by atoms with Crippen molar-refractivity contribution in [1.82, 2.24) is 9.80 Å². The molecule has 2 aliphatic rings. The molecule has 2 aliphatic heterocycles. The summed E-state index contributed by atoms with van der Waals surface area (Å²) in [6.45, 7) is 1.13. The van der Waals surface area contributed by atoms with Gasteiger partial charge in [-0.2, -0.15) is 13.2 Å². The van der Waals surface area contributed by atoms with E-state index in [-0.39, 0.29) is 36.9 Å². The largest absolute Gasteiger partial charge is 0.416 e. The number of anilines is 1. The number of likely N-dealkylation sites (N-methyl/N-ethyl adjacent to an activating group) is 1. The van der Waals surface area contributed by atoms with Crippen LogP contribution in [0, 0.1) is 0 Å². The van der Waals surface area contributed by atoms with Gasteiger partial charge >= 0.3 is 6.18 Å². The Morgan fingerprint density at radius 1 is 1.09 bits per heavy atom. The van der Waals surface area contributed by atoms with Crippen LogP contribution in [0.1, 0.15) is 41.3 Å². The molecule has 1 fully saturated rings. The first-order valence-corrected chi connectivity index (χ1v) is 10.2. The summed E-state index contributed by atoms with van der Waals surface area (Å²) in [5.74, 6) is -1.04.